The lowest BCUT2D eigenvalue weighted by Crippen LogP contribution is -2.15. The van der Waals surface area contributed by atoms with Crippen molar-refractivity contribution in [1.29, 1.82) is 0 Å². The number of benzene rings is 1. The van der Waals surface area contributed by atoms with Crippen molar-refractivity contribution in [3.63, 3.8) is 0 Å². The van der Waals surface area contributed by atoms with Gasteiger partial charge in [0.05, 0.1) is 5.02 Å². The largest absolute Gasteiger partial charge is 0.439 e. The van der Waals surface area contributed by atoms with E-state index in [1.54, 1.807) is 0 Å². The Morgan fingerprint density at radius 1 is 1.53 bits per heavy atom. The van der Waals surface area contributed by atoms with Crippen LogP contribution in [0.15, 0.2) is 16.5 Å². The predicted molar refractivity (Wildman–Crippen MR) is 65.5 cm³/mol. The van der Waals surface area contributed by atoms with Crippen molar-refractivity contribution in [1.82, 2.24) is 4.98 Å². The molecule has 1 aromatic heterocycles. The molecule has 2 rings (SSSR count). The molecule has 2 N–H and O–H groups in total. The summed E-state index contributed by atoms with van der Waals surface area (Å²) in [5.41, 5.74) is 6.52. The zero-order valence-corrected chi connectivity index (χ0v) is 10.3. The summed E-state index contributed by atoms with van der Waals surface area (Å²) in [5.74, 6) is 0.477. The molecule has 0 aliphatic heterocycles. The second kappa shape index (κ2) is 5.02. The van der Waals surface area contributed by atoms with Gasteiger partial charge in [-0.05, 0) is 18.5 Å². The first-order valence-corrected chi connectivity index (χ1v) is 5.96. The summed E-state index contributed by atoms with van der Waals surface area (Å²) in [6.45, 7) is 2.64. The van der Waals surface area contributed by atoms with E-state index in [1.165, 1.54) is 12.1 Å². The Morgan fingerprint density at radius 3 is 2.94 bits per heavy atom. The lowest BCUT2D eigenvalue weighted by Gasteiger charge is -2.07. The first-order chi connectivity index (χ1) is 8.13. The van der Waals surface area contributed by atoms with Gasteiger partial charge in [0.25, 0.3) is 0 Å². The molecule has 5 heteroatoms. The van der Waals surface area contributed by atoms with Gasteiger partial charge in [0, 0.05) is 12.5 Å². The van der Waals surface area contributed by atoms with Gasteiger partial charge in [0.1, 0.15) is 11.3 Å². The van der Waals surface area contributed by atoms with Crippen molar-refractivity contribution in [3.8, 4) is 0 Å². The minimum Gasteiger partial charge on any atom is -0.439 e. The lowest BCUT2D eigenvalue weighted by atomic mass is 10.0. The molecule has 1 atom stereocenters. The van der Waals surface area contributed by atoms with Crippen molar-refractivity contribution in [3.05, 3.63) is 28.9 Å². The quantitative estimate of drug-likeness (QED) is 0.914. The average Bonchev–Trinajstić information content (AvgIpc) is 2.68. The normalized spacial score (nSPS) is 13.2. The number of fused-ring (bicyclic) bond motifs is 1. The molecule has 2 aromatic rings. The summed E-state index contributed by atoms with van der Waals surface area (Å²) in [5, 5.41) is 0.250. The third kappa shape index (κ3) is 2.58. The van der Waals surface area contributed by atoms with Crippen LogP contribution in [0, 0.1) is 11.7 Å². The molecule has 1 unspecified atom stereocenters. The van der Waals surface area contributed by atoms with Crippen molar-refractivity contribution < 1.29 is 8.81 Å². The van der Waals surface area contributed by atoms with E-state index in [9.17, 15) is 4.39 Å². The highest BCUT2D eigenvalue weighted by Gasteiger charge is 2.14. The van der Waals surface area contributed by atoms with Crippen molar-refractivity contribution >= 4 is 22.7 Å². The number of halogens is 2. The minimum atomic E-state index is -0.409. The topological polar surface area (TPSA) is 52.0 Å². The van der Waals surface area contributed by atoms with E-state index in [-0.39, 0.29) is 5.02 Å². The smallest absolute Gasteiger partial charge is 0.195 e. The number of hydrogen-bond donors (Lipinski definition) is 1. The summed E-state index contributed by atoms with van der Waals surface area (Å²) >= 11 is 5.88. The molecule has 17 heavy (non-hydrogen) atoms. The number of aromatic nitrogens is 1. The molecule has 0 fully saturated rings. The number of hydrogen-bond acceptors (Lipinski definition) is 3. The Balaban J connectivity index is 2.34. The monoisotopic (exact) mass is 256 g/mol. The van der Waals surface area contributed by atoms with Crippen LogP contribution in [-0.2, 0) is 6.42 Å². The van der Waals surface area contributed by atoms with E-state index < -0.39 is 5.82 Å². The van der Waals surface area contributed by atoms with E-state index in [4.69, 9.17) is 21.8 Å². The summed E-state index contributed by atoms with van der Waals surface area (Å²) in [6, 6.07) is 2.54. The van der Waals surface area contributed by atoms with Crippen LogP contribution in [0.1, 0.15) is 19.2 Å². The molecule has 3 nitrogen and oxygen atoms in total. The number of oxazole rings is 1. The summed E-state index contributed by atoms with van der Waals surface area (Å²) in [7, 11) is 0. The molecule has 0 aliphatic carbocycles. The van der Waals surface area contributed by atoms with E-state index in [0.29, 0.717) is 35.9 Å². The van der Waals surface area contributed by atoms with E-state index in [1.807, 2.05) is 0 Å². The molecule has 0 aliphatic rings. The fraction of sp³-hybridized carbons (Fsp3) is 0.417. The fourth-order valence-corrected chi connectivity index (χ4v) is 1.97. The molecule has 0 amide bonds. The molecular formula is C12H14ClFN2O. The Bertz CT molecular complexity index is 522. The highest BCUT2D eigenvalue weighted by atomic mass is 35.5. The summed E-state index contributed by atoms with van der Waals surface area (Å²) in [4.78, 5) is 4.22. The van der Waals surface area contributed by atoms with Gasteiger partial charge in [-0.25, -0.2) is 9.37 Å². The van der Waals surface area contributed by atoms with E-state index in [0.717, 1.165) is 6.42 Å². The zero-order valence-electron chi connectivity index (χ0n) is 9.54. The fourth-order valence-electron chi connectivity index (χ4n) is 1.73. The maximum Gasteiger partial charge on any atom is 0.195 e. The third-order valence-corrected chi connectivity index (χ3v) is 3.11. The summed E-state index contributed by atoms with van der Waals surface area (Å²) < 4.78 is 18.6. The Labute approximate surface area is 104 Å². The molecule has 0 spiro atoms. The van der Waals surface area contributed by atoms with Crippen LogP contribution in [0.2, 0.25) is 5.02 Å². The third-order valence-electron chi connectivity index (χ3n) is 2.83. The second-order valence-electron chi connectivity index (χ2n) is 4.06. The molecular weight excluding hydrogens is 243 g/mol. The van der Waals surface area contributed by atoms with Gasteiger partial charge in [0.2, 0.25) is 0 Å². The SMILES string of the molecule is CCC(CN)Cc1nc2cc(F)cc(Cl)c2o1. The second-order valence-corrected chi connectivity index (χ2v) is 4.46. The molecule has 92 valence electrons. The molecule has 0 saturated carbocycles. The van der Waals surface area contributed by atoms with Crippen LogP contribution in [0.4, 0.5) is 4.39 Å². The lowest BCUT2D eigenvalue weighted by molar-refractivity contribution is 0.438. The van der Waals surface area contributed by atoms with Crippen molar-refractivity contribution in [2.45, 2.75) is 19.8 Å². The maximum absolute atomic E-state index is 13.1. The molecule has 0 saturated heterocycles. The van der Waals surface area contributed by atoms with E-state index >= 15 is 0 Å². The highest BCUT2D eigenvalue weighted by molar-refractivity contribution is 6.34. The standard InChI is InChI=1S/C12H14ClFN2O/c1-2-7(6-15)3-11-16-10-5-8(14)4-9(13)12(10)17-11/h4-5,7H,2-3,6,15H2,1H3. The van der Waals surface area contributed by atoms with Crippen LogP contribution in [0.5, 0.6) is 0 Å². The maximum atomic E-state index is 13.1. The molecule has 0 radical (unpaired) electrons. The van der Waals surface area contributed by atoms with Gasteiger partial charge < -0.3 is 10.2 Å². The first-order valence-electron chi connectivity index (χ1n) is 5.58. The highest BCUT2D eigenvalue weighted by Crippen LogP contribution is 2.26. The van der Waals surface area contributed by atoms with Gasteiger partial charge in [-0.15, -0.1) is 0 Å². The van der Waals surface area contributed by atoms with Crippen LogP contribution in [0.3, 0.4) is 0 Å². The summed E-state index contributed by atoms with van der Waals surface area (Å²) in [6.07, 6.45) is 1.61. The molecule has 1 aromatic carbocycles. The molecule has 1 heterocycles. The van der Waals surface area contributed by atoms with Crippen LogP contribution in [0.25, 0.3) is 11.1 Å². The van der Waals surface area contributed by atoms with Gasteiger partial charge in [0.15, 0.2) is 11.5 Å². The number of nitrogens with zero attached hydrogens (tertiary/aromatic N) is 1. The molecule has 0 bridgehead atoms. The van der Waals surface area contributed by atoms with Crippen molar-refractivity contribution in [2.75, 3.05) is 6.54 Å². The van der Waals surface area contributed by atoms with Gasteiger partial charge in [-0.3, -0.25) is 0 Å². The van der Waals surface area contributed by atoms with Gasteiger partial charge in [-0.1, -0.05) is 24.9 Å². The van der Waals surface area contributed by atoms with Crippen LogP contribution in [-0.4, -0.2) is 11.5 Å². The number of rotatable bonds is 4. The zero-order chi connectivity index (χ0) is 12.4. The number of nitrogens with two attached hydrogens (primary N) is 1. The van der Waals surface area contributed by atoms with Crippen LogP contribution >= 0.6 is 11.6 Å². The van der Waals surface area contributed by atoms with Crippen molar-refractivity contribution in [2.24, 2.45) is 11.7 Å². The van der Waals surface area contributed by atoms with Gasteiger partial charge >= 0.3 is 0 Å². The van der Waals surface area contributed by atoms with E-state index in [2.05, 4.69) is 11.9 Å². The first kappa shape index (κ1) is 12.3. The van der Waals surface area contributed by atoms with Crippen LogP contribution < -0.4 is 5.73 Å². The van der Waals surface area contributed by atoms with Gasteiger partial charge in [-0.2, -0.15) is 0 Å². The Kier molecular flexibility index (Phi) is 3.64. The average molecular weight is 257 g/mol. The Morgan fingerprint density at radius 2 is 2.29 bits per heavy atom. The predicted octanol–water partition coefficient (Wildman–Crippen LogP) is 3.15. The Hall–Kier alpha value is -1.13. The minimum absolute atomic E-state index is 0.250.